The number of aromatic hydroxyl groups is 1. The predicted octanol–water partition coefficient (Wildman–Crippen LogP) is 7.68. The number of phenolic OH excluding ortho intramolecular Hbond substituents is 1. The molecule has 0 saturated heterocycles. The summed E-state index contributed by atoms with van der Waals surface area (Å²) in [5, 5.41) is 10.7. The van der Waals surface area contributed by atoms with Crippen molar-refractivity contribution in [2.45, 2.75) is 99.3 Å². The number of carbonyl (C=O) groups is 1. The summed E-state index contributed by atoms with van der Waals surface area (Å²) in [4.78, 5) is 12.2. The lowest BCUT2D eigenvalue weighted by Gasteiger charge is -2.16. The average molecular weight is 445 g/mol. The molecule has 0 aliphatic heterocycles. The van der Waals surface area contributed by atoms with Crippen molar-refractivity contribution < 1.29 is 19.4 Å². The van der Waals surface area contributed by atoms with E-state index in [9.17, 15) is 9.90 Å². The molecule has 1 N–H and O–H groups in total. The van der Waals surface area contributed by atoms with Crippen LogP contribution in [-0.2, 0) is 22.4 Å². The van der Waals surface area contributed by atoms with Crippen molar-refractivity contribution in [1.82, 2.24) is 0 Å². The van der Waals surface area contributed by atoms with Crippen LogP contribution >= 0.6 is 0 Å². The molecule has 0 fully saturated rings. The van der Waals surface area contributed by atoms with E-state index < -0.39 is 0 Å². The average Bonchev–Trinajstić information content (AvgIpc) is 2.74. The molecular formula is C28H44O4. The van der Waals surface area contributed by atoms with Crippen molar-refractivity contribution in [3.63, 3.8) is 0 Å². The van der Waals surface area contributed by atoms with E-state index in [4.69, 9.17) is 9.47 Å². The zero-order chi connectivity index (χ0) is 23.9. The predicted molar refractivity (Wildman–Crippen MR) is 133 cm³/mol. The van der Waals surface area contributed by atoms with Crippen molar-refractivity contribution in [3.8, 4) is 11.5 Å². The second kappa shape index (κ2) is 15.6. The standard InChI is InChI=1S/C28H44O4/c1-7-10-11-15-23-18-26(29)25(17-16-22(6)14-12-13-21(4)5)27(19-23)31-20-32-28(30)24(8-2)9-3/h13,16,18-19,24,29H,7-12,14-15,17,20H2,1-6H3/b22-16+. The number of benzene rings is 1. The maximum absolute atomic E-state index is 12.2. The highest BCUT2D eigenvalue weighted by molar-refractivity contribution is 5.72. The number of esters is 1. The van der Waals surface area contributed by atoms with E-state index in [1.807, 2.05) is 26.0 Å². The van der Waals surface area contributed by atoms with E-state index in [0.717, 1.165) is 62.5 Å². The summed E-state index contributed by atoms with van der Waals surface area (Å²) in [5.41, 5.74) is 4.39. The summed E-state index contributed by atoms with van der Waals surface area (Å²) in [7, 11) is 0. The van der Waals surface area contributed by atoms with Crippen LogP contribution in [-0.4, -0.2) is 17.9 Å². The SMILES string of the molecule is CCCCCc1cc(O)c(C/C=C(\C)CCC=C(C)C)c(OCOC(=O)C(CC)CC)c1. The van der Waals surface area contributed by atoms with Crippen LogP contribution in [0.1, 0.15) is 97.6 Å². The smallest absolute Gasteiger partial charge is 0.311 e. The molecule has 0 spiro atoms. The number of carbonyl (C=O) groups excluding carboxylic acids is 1. The molecule has 0 amide bonds. The van der Waals surface area contributed by atoms with Crippen molar-refractivity contribution in [2.24, 2.45) is 5.92 Å². The molecule has 0 atom stereocenters. The van der Waals surface area contributed by atoms with Crippen LogP contribution in [0.25, 0.3) is 0 Å². The van der Waals surface area contributed by atoms with Gasteiger partial charge >= 0.3 is 5.97 Å². The molecule has 4 heteroatoms. The lowest BCUT2D eigenvalue weighted by molar-refractivity contribution is -0.155. The minimum Gasteiger partial charge on any atom is -0.508 e. The number of hydrogen-bond donors (Lipinski definition) is 1. The molecule has 0 aliphatic rings. The number of hydrogen-bond acceptors (Lipinski definition) is 4. The minimum absolute atomic E-state index is 0.0989. The molecule has 4 nitrogen and oxygen atoms in total. The number of phenols is 1. The highest BCUT2D eigenvalue weighted by Gasteiger charge is 2.17. The maximum Gasteiger partial charge on any atom is 0.311 e. The lowest BCUT2D eigenvalue weighted by atomic mass is 10.0. The Morgan fingerprint density at radius 1 is 1.06 bits per heavy atom. The van der Waals surface area contributed by atoms with Gasteiger partial charge in [0.05, 0.1) is 5.92 Å². The molecule has 1 rings (SSSR count). The van der Waals surface area contributed by atoms with Crippen LogP contribution in [0, 0.1) is 5.92 Å². The molecule has 180 valence electrons. The number of aryl methyl sites for hydroxylation is 1. The Kier molecular flexibility index (Phi) is 13.5. The number of ether oxygens (including phenoxy) is 2. The quantitative estimate of drug-likeness (QED) is 0.130. The minimum atomic E-state index is -0.227. The third kappa shape index (κ3) is 10.4. The fraction of sp³-hybridized carbons (Fsp3) is 0.607. The highest BCUT2D eigenvalue weighted by atomic mass is 16.7. The Hall–Kier alpha value is -2.23. The van der Waals surface area contributed by atoms with Gasteiger partial charge in [-0.05, 0) is 83.4 Å². The molecule has 0 unspecified atom stereocenters. The van der Waals surface area contributed by atoms with Gasteiger partial charge in [-0.25, -0.2) is 0 Å². The Bertz CT molecular complexity index is 753. The second-order valence-electron chi connectivity index (χ2n) is 8.86. The molecule has 1 aromatic carbocycles. The monoisotopic (exact) mass is 444 g/mol. The molecule has 0 saturated carbocycles. The second-order valence-corrected chi connectivity index (χ2v) is 8.86. The van der Waals surface area contributed by atoms with E-state index in [-0.39, 0.29) is 24.4 Å². The molecule has 0 aromatic heterocycles. The van der Waals surface area contributed by atoms with Gasteiger partial charge in [0.15, 0.2) is 0 Å². The highest BCUT2D eigenvalue weighted by Crippen LogP contribution is 2.32. The van der Waals surface area contributed by atoms with Crippen LogP contribution in [0.4, 0.5) is 0 Å². The van der Waals surface area contributed by atoms with E-state index in [0.29, 0.717) is 12.2 Å². The van der Waals surface area contributed by atoms with Crippen LogP contribution in [0.3, 0.4) is 0 Å². The van der Waals surface area contributed by atoms with Gasteiger partial charge in [-0.1, -0.05) is 56.9 Å². The molecule has 0 bridgehead atoms. The van der Waals surface area contributed by atoms with Gasteiger partial charge in [0, 0.05) is 5.56 Å². The zero-order valence-electron chi connectivity index (χ0n) is 21.1. The maximum atomic E-state index is 12.2. The van der Waals surface area contributed by atoms with Crippen LogP contribution in [0.15, 0.2) is 35.4 Å². The van der Waals surface area contributed by atoms with Gasteiger partial charge in [0.2, 0.25) is 6.79 Å². The first kappa shape index (κ1) is 27.8. The van der Waals surface area contributed by atoms with Crippen LogP contribution in [0.5, 0.6) is 11.5 Å². The van der Waals surface area contributed by atoms with Gasteiger partial charge in [-0.15, -0.1) is 0 Å². The van der Waals surface area contributed by atoms with E-state index in [1.54, 1.807) is 0 Å². The van der Waals surface area contributed by atoms with Gasteiger partial charge in [-0.3, -0.25) is 4.79 Å². The Balaban J connectivity index is 2.95. The normalized spacial score (nSPS) is 11.5. The van der Waals surface area contributed by atoms with Crippen LogP contribution < -0.4 is 4.74 Å². The van der Waals surface area contributed by atoms with Crippen molar-refractivity contribution in [3.05, 3.63) is 46.6 Å². The summed E-state index contributed by atoms with van der Waals surface area (Å²) in [6.07, 6.45) is 12.7. The van der Waals surface area contributed by atoms with Gasteiger partial charge in [0.25, 0.3) is 0 Å². The topological polar surface area (TPSA) is 55.8 Å². The van der Waals surface area contributed by atoms with Gasteiger partial charge in [0.1, 0.15) is 11.5 Å². The van der Waals surface area contributed by atoms with Crippen LogP contribution in [0.2, 0.25) is 0 Å². The molecule has 32 heavy (non-hydrogen) atoms. The molecule has 0 heterocycles. The van der Waals surface area contributed by atoms with Gasteiger partial charge < -0.3 is 14.6 Å². The Labute approximate surface area is 195 Å². The first-order valence-electron chi connectivity index (χ1n) is 12.2. The lowest BCUT2D eigenvalue weighted by Crippen LogP contribution is -2.19. The summed E-state index contributed by atoms with van der Waals surface area (Å²) < 4.78 is 11.2. The molecule has 1 aromatic rings. The van der Waals surface area contributed by atoms with Gasteiger partial charge in [-0.2, -0.15) is 0 Å². The molecule has 0 aliphatic carbocycles. The summed E-state index contributed by atoms with van der Waals surface area (Å²) >= 11 is 0. The number of unbranched alkanes of at least 4 members (excludes halogenated alkanes) is 2. The Morgan fingerprint density at radius 2 is 1.78 bits per heavy atom. The third-order valence-electron chi connectivity index (χ3n) is 5.79. The number of allylic oxidation sites excluding steroid dienone is 4. The van der Waals surface area contributed by atoms with E-state index in [2.05, 4.69) is 39.8 Å². The summed E-state index contributed by atoms with van der Waals surface area (Å²) in [6.45, 7) is 12.3. The van der Waals surface area contributed by atoms with E-state index in [1.165, 1.54) is 11.1 Å². The number of rotatable bonds is 15. The fourth-order valence-corrected chi connectivity index (χ4v) is 3.60. The summed E-state index contributed by atoms with van der Waals surface area (Å²) in [5.74, 6) is 0.518. The zero-order valence-corrected chi connectivity index (χ0v) is 21.1. The van der Waals surface area contributed by atoms with Crippen molar-refractivity contribution in [2.75, 3.05) is 6.79 Å². The Morgan fingerprint density at radius 3 is 2.41 bits per heavy atom. The van der Waals surface area contributed by atoms with E-state index >= 15 is 0 Å². The first-order valence-corrected chi connectivity index (χ1v) is 12.2. The van der Waals surface area contributed by atoms with Crippen molar-refractivity contribution in [1.29, 1.82) is 0 Å². The fourth-order valence-electron chi connectivity index (χ4n) is 3.60. The summed E-state index contributed by atoms with van der Waals surface area (Å²) in [6, 6.07) is 3.84. The largest absolute Gasteiger partial charge is 0.508 e. The molecular weight excluding hydrogens is 400 g/mol. The molecule has 0 radical (unpaired) electrons. The van der Waals surface area contributed by atoms with Crippen molar-refractivity contribution >= 4 is 5.97 Å². The first-order chi connectivity index (χ1) is 15.3. The third-order valence-corrected chi connectivity index (χ3v) is 5.79.